The van der Waals surface area contributed by atoms with Gasteiger partial charge in [0.2, 0.25) is 6.29 Å². The molecule has 4 aromatic rings. The van der Waals surface area contributed by atoms with Gasteiger partial charge in [-0.15, -0.1) is 0 Å². The minimum Gasteiger partial charge on any atom is -0.504 e. The van der Waals surface area contributed by atoms with E-state index in [4.69, 9.17) is 27.8 Å². The third kappa shape index (κ3) is 5.53. The summed E-state index contributed by atoms with van der Waals surface area (Å²) in [5.41, 5.74) is -0.360. The van der Waals surface area contributed by atoms with Crippen LogP contribution in [0.4, 0.5) is 0 Å². The number of phenolic OH excluding ortho intramolecular Hbond substituents is 3. The fourth-order valence-electron chi connectivity index (χ4n) is 5.58. The van der Waals surface area contributed by atoms with Crippen molar-refractivity contribution in [3.05, 3.63) is 46.3 Å². The predicted octanol–water partition coefficient (Wildman–Crippen LogP) is -0.338. The summed E-state index contributed by atoms with van der Waals surface area (Å²) in [6.07, 6.45) is -15.6. The molecule has 9 N–H and O–H groups in total. The van der Waals surface area contributed by atoms with E-state index < -0.39 is 90.7 Å². The zero-order valence-corrected chi connectivity index (χ0v) is 24.3. The van der Waals surface area contributed by atoms with Crippen LogP contribution in [0.15, 0.2) is 44.0 Å². The molecule has 0 saturated carbocycles. The molecule has 2 aliphatic rings. The van der Waals surface area contributed by atoms with E-state index in [0.29, 0.717) is 5.76 Å². The maximum absolute atomic E-state index is 12.4. The monoisotopic (exact) mass is 648 g/mol. The smallest absolute Gasteiger partial charge is 0.229 e. The van der Waals surface area contributed by atoms with E-state index in [9.17, 15) is 50.8 Å². The molecule has 0 spiro atoms. The highest BCUT2D eigenvalue weighted by Crippen LogP contribution is 2.46. The summed E-state index contributed by atoms with van der Waals surface area (Å²) in [4.78, 5) is 12.4. The Bertz CT molecular complexity index is 1790. The van der Waals surface area contributed by atoms with Gasteiger partial charge in [0.25, 0.3) is 0 Å². The van der Waals surface area contributed by atoms with Crippen LogP contribution in [0, 0.1) is 6.92 Å². The second-order valence-corrected chi connectivity index (χ2v) is 11.3. The van der Waals surface area contributed by atoms with E-state index in [1.807, 2.05) is 0 Å². The first-order valence-electron chi connectivity index (χ1n) is 14.2. The lowest BCUT2D eigenvalue weighted by molar-refractivity contribution is -0.318. The lowest BCUT2D eigenvalue weighted by atomic mass is 9.98. The van der Waals surface area contributed by atoms with Gasteiger partial charge in [-0.25, -0.2) is 0 Å². The number of aromatic hydroxyl groups is 3. The highest BCUT2D eigenvalue weighted by Gasteiger charge is 2.47. The van der Waals surface area contributed by atoms with Crippen molar-refractivity contribution < 1.29 is 73.7 Å². The van der Waals surface area contributed by atoms with Gasteiger partial charge in [0.1, 0.15) is 59.7 Å². The normalized spacial score (nSPS) is 31.8. The van der Waals surface area contributed by atoms with Crippen LogP contribution in [0.1, 0.15) is 12.7 Å². The fourth-order valence-corrected chi connectivity index (χ4v) is 5.58. The lowest BCUT2D eigenvalue weighted by Gasteiger charge is -2.42. The van der Waals surface area contributed by atoms with Crippen molar-refractivity contribution in [2.24, 2.45) is 0 Å². The van der Waals surface area contributed by atoms with Gasteiger partial charge in [-0.05, 0) is 32.0 Å². The van der Waals surface area contributed by atoms with Gasteiger partial charge in [0.05, 0.1) is 18.1 Å². The highest BCUT2D eigenvalue weighted by molar-refractivity contribution is 6.09. The van der Waals surface area contributed by atoms with E-state index in [1.54, 1.807) is 6.92 Å². The largest absolute Gasteiger partial charge is 0.504 e. The first kappa shape index (κ1) is 32.0. The summed E-state index contributed by atoms with van der Waals surface area (Å²) in [6.45, 7) is 2.49. The molecule has 10 atom stereocenters. The molecule has 10 unspecified atom stereocenters. The zero-order chi connectivity index (χ0) is 33.2. The number of hydrogen-bond donors (Lipinski definition) is 9. The number of rotatable bonds is 6. The third-order valence-electron chi connectivity index (χ3n) is 8.06. The number of aliphatic hydroxyl groups excluding tert-OH is 6. The summed E-state index contributed by atoms with van der Waals surface area (Å²) in [7, 11) is 0. The van der Waals surface area contributed by atoms with Crippen molar-refractivity contribution in [3.63, 3.8) is 0 Å². The Kier molecular flexibility index (Phi) is 8.34. The van der Waals surface area contributed by atoms with Crippen molar-refractivity contribution in [1.82, 2.24) is 0 Å². The van der Waals surface area contributed by atoms with Crippen molar-refractivity contribution in [2.45, 2.75) is 75.3 Å². The molecule has 16 nitrogen and oxygen atoms in total. The molecule has 2 saturated heterocycles. The molecule has 2 fully saturated rings. The number of aliphatic hydroxyl groups is 6. The molecule has 0 aliphatic carbocycles. The van der Waals surface area contributed by atoms with Gasteiger partial charge in [0.15, 0.2) is 40.5 Å². The van der Waals surface area contributed by atoms with E-state index in [0.717, 1.165) is 12.1 Å². The molecular weight excluding hydrogens is 616 g/mol. The Balaban J connectivity index is 1.40. The summed E-state index contributed by atoms with van der Waals surface area (Å²) >= 11 is 0. The summed E-state index contributed by atoms with van der Waals surface area (Å²) in [5, 5.41) is 93.6. The van der Waals surface area contributed by atoms with Crippen LogP contribution >= 0.6 is 0 Å². The Hall–Kier alpha value is -3.97. The Morgan fingerprint density at radius 1 is 0.739 bits per heavy atom. The van der Waals surface area contributed by atoms with E-state index in [2.05, 4.69) is 0 Å². The van der Waals surface area contributed by atoms with Crippen LogP contribution < -0.4 is 10.2 Å². The quantitative estimate of drug-likeness (QED) is 0.121. The minimum absolute atomic E-state index is 0.0232. The standard InChI is InChI=1S/C30H32O16/c1-9-3-13-19-16(42-9)6-12(31)7-17(19)44-27(11-4-14(32)21(35)15(33)5-11)28(13)46-30-26(40)24(38)22(36)18(45-30)8-41-29-25(39)23(37)20(34)10(2)43-29/h3-7,10,18,20,22-26,29-30,32-40H,8H2,1-2H3. The minimum atomic E-state index is -1.87. The molecule has 0 bridgehead atoms. The SMILES string of the molecule is Cc1cc2c(OC3OC(COC4OC(C)C(O)C(O)C4O)C(O)C(O)C3O)c(-c3cc(O)c(O)c(O)c3)oc3cc(=O)cc(o1)c32. The molecule has 16 heteroatoms. The maximum atomic E-state index is 12.4. The van der Waals surface area contributed by atoms with E-state index >= 15 is 0 Å². The molecule has 0 amide bonds. The van der Waals surface area contributed by atoms with Crippen LogP contribution in [0.5, 0.6) is 23.0 Å². The van der Waals surface area contributed by atoms with Gasteiger partial charge in [-0.1, -0.05) is 0 Å². The average molecular weight is 649 g/mol. The molecule has 6 rings (SSSR count). The summed E-state index contributed by atoms with van der Waals surface area (Å²) < 4.78 is 34.6. The molecule has 248 valence electrons. The number of ether oxygens (including phenoxy) is 4. The van der Waals surface area contributed by atoms with Gasteiger partial charge < -0.3 is 73.7 Å². The van der Waals surface area contributed by atoms with Crippen LogP contribution in [0.25, 0.3) is 33.3 Å². The number of hydrogen-bond acceptors (Lipinski definition) is 16. The van der Waals surface area contributed by atoms with Crippen LogP contribution in [0.3, 0.4) is 0 Å². The maximum Gasteiger partial charge on any atom is 0.229 e. The second kappa shape index (κ2) is 12.0. The Morgan fingerprint density at radius 2 is 1.35 bits per heavy atom. The lowest BCUT2D eigenvalue weighted by Crippen LogP contribution is -2.61. The molecule has 2 aromatic carbocycles. The van der Waals surface area contributed by atoms with Gasteiger partial charge >= 0.3 is 0 Å². The van der Waals surface area contributed by atoms with Gasteiger partial charge in [-0.3, -0.25) is 4.79 Å². The fraction of sp³-hybridized carbons (Fsp3) is 0.433. The average Bonchev–Trinajstić information content (AvgIpc) is 3.00. The zero-order valence-electron chi connectivity index (χ0n) is 24.3. The Morgan fingerprint density at radius 3 is 2.02 bits per heavy atom. The summed E-state index contributed by atoms with van der Waals surface area (Å²) in [5.74, 6) is -2.32. The molecule has 0 radical (unpaired) electrons. The second-order valence-electron chi connectivity index (χ2n) is 11.3. The van der Waals surface area contributed by atoms with E-state index in [1.165, 1.54) is 25.1 Å². The number of phenols is 3. The molecule has 4 heterocycles. The van der Waals surface area contributed by atoms with Gasteiger partial charge in [-0.2, -0.15) is 0 Å². The third-order valence-corrected chi connectivity index (χ3v) is 8.06. The molecule has 2 aliphatic heterocycles. The molecule has 2 aromatic heterocycles. The van der Waals surface area contributed by atoms with Crippen LogP contribution in [-0.4, -0.2) is 114 Å². The van der Waals surface area contributed by atoms with Crippen molar-refractivity contribution in [2.75, 3.05) is 6.61 Å². The van der Waals surface area contributed by atoms with Crippen molar-refractivity contribution in [3.8, 4) is 34.3 Å². The molecule has 46 heavy (non-hydrogen) atoms. The molecular formula is C30H32O16. The predicted molar refractivity (Wildman–Crippen MR) is 153 cm³/mol. The van der Waals surface area contributed by atoms with Crippen molar-refractivity contribution >= 4 is 21.9 Å². The highest BCUT2D eigenvalue weighted by atomic mass is 16.7. The van der Waals surface area contributed by atoms with Crippen LogP contribution in [0.2, 0.25) is 0 Å². The van der Waals surface area contributed by atoms with Gasteiger partial charge in [0, 0.05) is 23.1 Å². The first-order valence-corrected chi connectivity index (χ1v) is 14.2. The topological polar surface area (TPSA) is 262 Å². The first-order chi connectivity index (χ1) is 21.7. The number of benzene rings is 2. The Labute approximate surface area is 258 Å². The van der Waals surface area contributed by atoms with Crippen LogP contribution in [-0.2, 0) is 14.2 Å². The van der Waals surface area contributed by atoms with E-state index in [-0.39, 0.29) is 39.0 Å². The van der Waals surface area contributed by atoms with Crippen molar-refractivity contribution in [1.29, 1.82) is 0 Å². The number of aryl methyl sites for hydroxylation is 1. The summed E-state index contributed by atoms with van der Waals surface area (Å²) in [6, 6.07) is 6.01.